The SMILES string of the molecule is NS(=O)(=O)Cc1cccc(Nc2ncnc(N3CCCC[C@H]3c3ccccc3)n2)c1. The fraction of sp³-hybridized carbons (Fsp3) is 0.286. The summed E-state index contributed by atoms with van der Waals surface area (Å²) in [6.45, 7) is 0.882. The molecule has 1 aliphatic heterocycles. The molecule has 1 fully saturated rings. The van der Waals surface area contributed by atoms with Crippen LogP contribution in [-0.4, -0.2) is 29.9 Å². The first kappa shape index (κ1) is 20.2. The molecule has 0 amide bonds. The van der Waals surface area contributed by atoms with Crippen molar-refractivity contribution in [2.75, 3.05) is 16.8 Å². The number of hydrogen-bond donors (Lipinski definition) is 2. The number of nitrogens with two attached hydrogens (primary N) is 1. The summed E-state index contributed by atoms with van der Waals surface area (Å²) < 4.78 is 22.7. The van der Waals surface area contributed by atoms with Gasteiger partial charge in [-0.25, -0.2) is 23.5 Å². The zero-order valence-electron chi connectivity index (χ0n) is 16.5. The van der Waals surface area contributed by atoms with Gasteiger partial charge in [0, 0.05) is 12.2 Å². The van der Waals surface area contributed by atoms with E-state index >= 15 is 0 Å². The van der Waals surface area contributed by atoms with Crippen molar-refractivity contribution >= 4 is 27.6 Å². The summed E-state index contributed by atoms with van der Waals surface area (Å²) >= 11 is 0. The molecule has 9 heteroatoms. The first-order valence-electron chi connectivity index (χ1n) is 9.85. The topological polar surface area (TPSA) is 114 Å². The molecule has 0 radical (unpaired) electrons. The molecule has 3 aromatic rings. The molecule has 2 aromatic carbocycles. The Morgan fingerprint density at radius 3 is 2.70 bits per heavy atom. The fourth-order valence-electron chi connectivity index (χ4n) is 3.78. The Bertz CT molecular complexity index is 1110. The van der Waals surface area contributed by atoms with Gasteiger partial charge in [-0.15, -0.1) is 0 Å². The van der Waals surface area contributed by atoms with E-state index in [2.05, 4.69) is 49.4 Å². The number of nitrogens with one attached hydrogen (secondary N) is 1. The van der Waals surface area contributed by atoms with Crippen LogP contribution in [0, 0.1) is 0 Å². The summed E-state index contributed by atoms with van der Waals surface area (Å²) in [7, 11) is -3.60. The summed E-state index contributed by atoms with van der Waals surface area (Å²) in [5, 5.41) is 8.29. The number of aromatic nitrogens is 3. The molecule has 2 heterocycles. The summed E-state index contributed by atoms with van der Waals surface area (Å²) in [5.74, 6) is 0.809. The number of piperidine rings is 1. The number of sulfonamides is 1. The van der Waals surface area contributed by atoms with E-state index < -0.39 is 10.0 Å². The van der Waals surface area contributed by atoms with Crippen molar-refractivity contribution in [1.82, 2.24) is 15.0 Å². The highest BCUT2D eigenvalue weighted by atomic mass is 32.2. The van der Waals surface area contributed by atoms with Crippen LogP contribution in [-0.2, 0) is 15.8 Å². The zero-order chi connectivity index (χ0) is 21.0. The predicted molar refractivity (Wildman–Crippen MR) is 117 cm³/mol. The molecule has 0 spiro atoms. The Morgan fingerprint density at radius 1 is 1.07 bits per heavy atom. The van der Waals surface area contributed by atoms with Crippen LogP contribution in [0.1, 0.15) is 36.4 Å². The van der Waals surface area contributed by atoms with Gasteiger partial charge in [-0.3, -0.25) is 0 Å². The van der Waals surface area contributed by atoms with E-state index in [0.29, 0.717) is 23.1 Å². The lowest BCUT2D eigenvalue weighted by Gasteiger charge is -2.36. The molecule has 0 unspecified atom stereocenters. The highest BCUT2D eigenvalue weighted by Gasteiger charge is 2.26. The molecule has 156 valence electrons. The normalized spacial score (nSPS) is 17.0. The first-order valence-corrected chi connectivity index (χ1v) is 11.6. The molecule has 1 aromatic heterocycles. The third-order valence-electron chi connectivity index (χ3n) is 5.05. The maximum Gasteiger partial charge on any atom is 0.231 e. The Labute approximate surface area is 176 Å². The van der Waals surface area contributed by atoms with Gasteiger partial charge >= 0.3 is 0 Å². The third-order valence-corrected chi connectivity index (χ3v) is 5.79. The Morgan fingerprint density at radius 2 is 1.90 bits per heavy atom. The second-order valence-corrected chi connectivity index (χ2v) is 8.97. The molecule has 1 atom stereocenters. The van der Waals surface area contributed by atoms with Gasteiger partial charge in [0.2, 0.25) is 21.9 Å². The lowest BCUT2D eigenvalue weighted by molar-refractivity contribution is 0.465. The van der Waals surface area contributed by atoms with E-state index in [1.54, 1.807) is 18.2 Å². The van der Waals surface area contributed by atoms with Crippen LogP contribution in [0.4, 0.5) is 17.6 Å². The second kappa shape index (κ2) is 8.76. The van der Waals surface area contributed by atoms with Gasteiger partial charge < -0.3 is 10.2 Å². The van der Waals surface area contributed by atoms with Crippen LogP contribution in [0.5, 0.6) is 0 Å². The van der Waals surface area contributed by atoms with Gasteiger partial charge in [-0.1, -0.05) is 42.5 Å². The predicted octanol–water partition coefficient (Wildman–Crippen LogP) is 3.14. The molecule has 1 aliphatic rings. The summed E-state index contributed by atoms with van der Waals surface area (Å²) in [6.07, 6.45) is 4.81. The number of anilines is 3. The average molecular weight is 425 g/mol. The van der Waals surface area contributed by atoms with Gasteiger partial charge in [0.15, 0.2) is 0 Å². The summed E-state index contributed by atoms with van der Waals surface area (Å²) in [5.41, 5.74) is 2.53. The highest BCUT2D eigenvalue weighted by molar-refractivity contribution is 7.88. The molecule has 0 bridgehead atoms. The Kier molecular flexibility index (Phi) is 5.91. The number of hydrogen-bond acceptors (Lipinski definition) is 7. The van der Waals surface area contributed by atoms with E-state index in [4.69, 9.17) is 5.14 Å². The lowest BCUT2D eigenvalue weighted by Crippen LogP contribution is -2.34. The maximum absolute atomic E-state index is 11.4. The average Bonchev–Trinajstić information content (AvgIpc) is 2.74. The molecular weight excluding hydrogens is 400 g/mol. The van der Waals surface area contributed by atoms with Gasteiger partial charge in [-0.05, 0) is 42.5 Å². The van der Waals surface area contributed by atoms with Crippen LogP contribution < -0.4 is 15.4 Å². The van der Waals surface area contributed by atoms with Gasteiger partial charge in [0.25, 0.3) is 0 Å². The number of benzene rings is 2. The second-order valence-electron chi connectivity index (χ2n) is 7.36. The molecule has 0 saturated carbocycles. The van der Waals surface area contributed by atoms with Crippen LogP contribution >= 0.6 is 0 Å². The quantitative estimate of drug-likeness (QED) is 0.625. The van der Waals surface area contributed by atoms with Crippen LogP contribution in [0.25, 0.3) is 0 Å². The van der Waals surface area contributed by atoms with Crippen molar-refractivity contribution in [3.63, 3.8) is 0 Å². The van der Waals surface area contributed by atoms with E-state index in [1.807, 2.05) is 12.1 Å². The molecule has 30 heavy (non-hydrogen) atoms. The number of rotatable bonds is 6. The maximum atomic E-state index is 11.4. The van der Waals surface area contributed by atoms with E-state index in [0.717, 1.165) is 19.4 Å². The molecular formula is C21H24N6O2S. The molecule has 1 saturated heterocycles. The number of nitrogens with zero attached hydrogens (tertiary/aromatic N) is 4. The highest BCUT2D eigenvalue weighted by Crippen LogP contribution is 2.33. The lowest BCUT2D eigenvalue weighted by atomic mass is 9.96. The van der Waals surface area contributed by atoms with Crippen molar-refractivity contribution in [1.29, 1.82) is 0 Å². The molecule has 0 aliphatic carbocycles. The van der Waals surface area contributed by atoms with E-state index in [-0.39, 0.29) is 11.8 Å². The Hall–Kier alpha value is -3.04. The van der Waals surface area contributed by atoms with Crippen molar-refractivity contribution in [3.8, 4) is 0 Å². The van der Waals surface area contributed by atoms with Crippen LogP contribution in [0.15, 0.2) is 60.9 Å². The van der Waals surface area contributed by atoms with E-state index in [9.17, 15) is 8.42 Å². The van der Waals surface area contributed by atoms with Gasteiger partial charge in [0.05, 0.1) is 11.8 Å². The molecule has 3 N–H and O–H groups in total. The van der Waals surface area contributed by atoms with Crippen LogP contribution in [0.3, 0.4) is 0 Å². The van der Waals surface area contributed by atoms with E-state index in [1.165, 1.54) is 18.3 Å². The van der Waals surface area contributed by atoms with Crippen molar-refractivity contribution < 1.29 is 8.42 Å². The Balaban J connectivity index is 1.56. The largest absolute Gasteiger partial charge is 0.334 e. The fourth-order valence-corrected chi connectivity index (χ4v) is 4.42. The minimum absolute atomic E-state index is 0.225. The minimum atomic E-state index is -3.60. The van der Waals surface area contributed by atoms with Crippen molar-refractivity contribution in [2.24, 2.45) is 5.14 Å². The number of primary sulfonamides is 1. The van der Waals surface area contributed by atoms with Gasteiger partial charge in [0.1, 0.15) is 6.33 Å². The van der Waals surface area contributed by atoms with Crippen molar-refractivity contribution in [2.45, 2.75) is 31.1 Å². The van der Waals surface area contributed by atoms with Gasteiger partial charge in [-0.2, -0.15) is 4.98 Å². The zero-order valence-corrected chi connectivity index (χ0v) is 17.3. The first-order chi connectivity index (χ1) is 14.5. The van der Waals surface area contributed by atoms with Crippen molar-refractivity contribution in [3.05, 3.63) is 72.1 Å². The summed E-state index contributed by atoms with van der Waals surface area (Å²) in [4.78, 5) is 15.5. The third kappa shape index (κ3) is 5.11. The monoisotopic (exact) mass is 424 g/mol. The van der Waals surface area contributed by atoms with Crippen LogP contribution in [0.2, 0.25) is 0 Å². The molecule has 8 nitrogen and oxygen atoms in total. The minimum Gasteiger partial charge on any atom is -0.334 e. The standard InChI is InChI=1S/C21H24N6O2S/c22-30(28,29)14-16-7-6-10-18(13-16)25-20-23-15-24-21(26-20)27-12-5-4-11-19(27)17-8-2-1-3-9-17/h1-3,6-10,13,15,19H,4-5,11-12,14H2,(H2,22,28,29)(H,23,24,25,26)/t19-/m0/s1. The summed E-state index contributed by atoms with van der Waals surface area (Å²) in [6, 6.07) is 17.7. The molecule has 4 rings (SSSR count). The smallest absolute Gasteiger partial charge is 0.231 e.